The van der Waals surface area contributed by atoms with Crippen molar-refractivity contribution in [3.8, 4) is 5.75 Å². The number of oxazole rings is 1. The number of carbonyl (C=O) groups is 1. The first-order valence-corrected chi connectivity index (χ1v) is 7.42. The molecule has 0 atom stereocenters. The van der Waals surface area contributed by atoms with Gasteiger partial charge in [-0.3, -0.25) is 0 Å². The Morgan fingerprint density at radius 3 is 2.96 bits per heavy atom. The maximum atomic E-state index is 11.9. The van der Waals surface area contributed by atoms with Gasteiger partial charge in [-0.05, 0) is 33.2 Å². The zero-order valence-corrected chi connectivity index (χ0v) is 13.6. The number of carbonyl (C=O) groups excluding carboxylic acids is 1. The SMILES string of the molecule is CCOc1cccc(NC(=O)NCc2coc(CN(C)C)n2)c1. The number of ether oxygens (including phenoxy) is 1. The van der Waals surface area contributed by atoms with E-state index in [-0.39, 0.29) is 6.03 Å². The number of urea groups is 1. The molecule has 1 aromatic heterocycles. The van der Waals surface area contributed by atoms with Crippen LogP contribution >= 0.6 is 0 Å². The molecular formula is C16H22N4O3. The lowest BCUT2D eigenvalue weighted by Crippen LogP contribution is -2.28. The predicted octanol–water partition coefficient (Wildman–Crippen LogP) is 2.46. The summed E-state index contributed by atoms with van der Waals surface area (Å²) in [7, 11) is 3.87. The number of benzene rings is 1. The normalized spacial score (nSPS) is 10.6. The molecule has 7 heteroatoms. The van der Waals surface area contributed by atoms with Gasteiger partial charge in [0.05, 0.1) is 25.4 Å². The summed E-state index contributed by atoms with van der Waals surface area (Å²) >= 11 is 0. The van der Waals surface area contributed by atoms with Crippen LogP contribution in [0.5, 0.6) is 5.75 Å². The van der Waals surface area contributed by atoms with Crippen LogP contribution < -0.4 is 15.4 Å². The Labute approximate surface area is 135 Å². The van der Waals surface area contributed by atoms with Gasteiger partial charge in [0.15, 0.2) is 0 Å². The molecule has 0 saturated heterocycles. The van der Waals surface area contributed by atoms with Crippen molar-refractivity contribution in [2.24, 2.45) is 0 Å². The molecule has 2 N–H and O–H groups in total. The van der Waals surface area contributed by atoms with Gasteiger partial charge in [0.1, 0.15) is 12.0 Å². The summed E-state index contributed by atoms with van der Waals surface area (Å²) in [5.74, 6) is 1.34. The third-order valence-electron chi connectivity index (χ3n) is 2.88. The fourth-order valence-corrected chi connectivity index (χ4v) is 1.95. The quantitative estimate of drug-likeness (QED) is 0.820. The van der Waals surface area contributed by atoms with Crippen LogP contribution in [-0.2, 0) is 13.1 Å². The first kappa shape index (κ1) is 16.8. The van der Waals surface area contributed by atoms with Gasteiger partial charge in [-0.25, -0.2) is 9.78 Å². The summed E-state index contributed by atoms with van der Waals surface area (Å²) in [6, 6.07) is 6.93. The van der Waals surface area contributed by atoms with Crippen molar-refractivity contribution in [1.29, 1.82) is 0 Å². The number of hydrogen-bond donors (Lipinski definition) is 2. The maximum Gasteiger partial charge on any atom is 0.319 e. The second-order valence-electron chi connectivity index (χ2n) is 5.24. The van der Waals surface area contributed by atoms with Gasteiger partial charge < -0.3 is 24.7 Å². The van der Waals surface area contributed by atoms with Gasteiger partial charge in [-0.1, -0.05) is 6.07 Å². The van der Waals surface area contributed by atoms with Crippen LogP contribution in [0.2, 0.25) is 0 Å². The summed E-state index contributed by atoms with van der Waals surface area (Å²) in [4.78, 5) is 18.2. The van der Waals surface area contributed by atoms with Crippen LogP contribution in [0.15, 0.2) is 34.9 Å². The number of nitrogens with one attached hydrogen (secondary N) is 2. The van der Waals surface area contributed by atoms with E-state index in [0.717, 1.165) is 5.75 Å². The van der Waals surface area contributed by atoms with Crippen LogP contribution in [0.3, 0.4) is 0 Å². The van der Waals surface area contributed by atoms with Gasteiger partial charge in [0.2, 0.25) is 5.89 Å². The van der Waals surface area contributed by atoms with Crippen LogP contribution in [0, 0.1) is 0 Å². The van der Waals surface area contributed by atoms with Gasteiger partial charge in [0.25, 0.3) is 0 Å². The Morgan fingerprint density at radius 2 is 2.22 bits per heavy atom. The summed E-state index contributed by atoms with van der Waals surface area (Å²) in [6.07, 6.45) is 1.55. The Morgan fingerprint density at radius 1 is 1.39 bits per heavy atom. The summed E-state index contributed by atoms with van der Waals surface area (Å²) in [5, 5.41) is 5.49. The smallest absolute Gasteiger partial charge is 0.319 e. The average Bonchev–Trinajstić information content (AvgIpc) is 2.92. The number of amides is 2. The molecule has 2 rings (SSSR count). The van der Waals surface area contributed by atoms with E-state index in [4.69, 9.17) is 9.15 Å². The Kier molecular flexibility index (Phi) is 5.99. The van der Waals surface area contributed by atoms with E-state index in [1.54, 1.807) is 18.4 Å². The van der Waals surface area contributed by atoms with E-state index < -0.39 is 0 Å². The lowest BCUT2D eigenvalue weighted by Gasteiger charge is -2.08. The first-order chi connectivity index (χ1) is 11.1. The number of anilines is 1. The van der Waals surface area contributed by atoms with E-state index in [2.05, 4.69) is 15.6 Å². The van der Waals surface area contributed by atoms with Gasteiger partial charge in [0, 0.05) is 11.8 Å². The van der Waals surface area contributed by atoms with E-state index in [1.807, 2.05) is 38.1 Å². The third-order valence-corrected chi connectivity index (χ3v) is 2.88. The van der Waals surface area contributed by atoms with Crippen molar-refractivity contribution in [2.75, 3.05) is 26.0 Å². The molecule has 0 aliphatic heterocycles. The van der Waals surface area contributed by atoms with Gasteiger partial charge in [-0.2, -0.15) is 0 Å². The molecule has 7 nitrogen and oxygen atoms in total. The van der Waals surface area contributed by atoms with E-state index in [1.165, 1.54) is 0 Å². The highest BCUT2D eigenvalue weighted by Gasteiger charge is 2.07. The molecular weight excluding hydrogens is 296 g/mol. The highest BCUT2D eigenvalue weighted by atomic mass is 16.5. The van der Waals surface area contributed by atoms with Gasteiger partial charge >= 0.3 is 6.03 Å². The molecule has 0 radical (unpaired) electrons. The highest BCUT2D eigenvalue weighted by molar-refractivity contribution is 5.89. The lowest BCUT2D eigenvalue weighted by molar-refractivity contribution is 0.251. The highest BCUT2D eigenvalue weighted by Crippen LogP contribution is 2.17. The lowest BCUT2D eigenvalue weighted by atomic mass is 10.3. The minimum atomic E-state index is -0.309. The van der Waals surface area contributed by atoms with Crippen LogP contribution in [0.25, 0.3) is 0 Å². The average molecular weight is 318 g/mol. The molecule has 23 heavy (non-hydrogen) atoms. The molecule has 124 valence electrons. The summed E-state index contributed by atoms with van der Waals surface area (Å²) < 4.78 is 10.7. The van der Waals surface area contributed by atoms with Crippen molar-refractivity contribution >= 4 is 11.7 Å². The second kappa shape index (κ2) is 8.19. The Bertz CT molecular complexity index is 640. The minimum absolute atomic E-state index is 0.300. The number of nitrogens with zero attached hydrogens (tertiary/aromatic N) is 2. The van der Waals surface area contributed by atoms with Gasteiger partial charge in [-0.15, -0.1) is 0 Å². The standard InChI is InChI=1S/C16H22N4O3/c1-4-22-14-7-5-6-12(8-14)19-16(21)17-9-13-11-23-15(18-13)10-20(2)3/h5-8,11H,4,9-10H2,1-3H3,(H2,17,19,21). The molecule has 0 aliphatic carbocycles. The van der Waals surface area contributed by atoms with Crippen LogP contribution in [-0.4, -0.2) is 36.6 Å². The molecule has 0 bridgehead atoms. The topological polar surface area (TPSA) is 79.6 Å². The Hall–Kier alpha value is -2.54. The molecule has 1 heterocycles. The maximum absolute atomic E-state index is 11.9. The monoisotopic (exact) mass is 318 g/mol. The van der Waals surface area contributed by atoms with Crippen molar-refractivity contribution in [3.05, 3.63) is 42.1 Å². The van der Waals surface area contributed by atoms with Crippen molar-refractivity contribution in [1.82, 2.24) is 15.2 Å². The van der Waals surface area contributed by atoms with Crippen molar-refractivity contribution < 1.29 is 13.9 Å². The molecule has 0 saturated carbocycles. The Balaban J connectivity index is 1.83. The molecule has 1 aromatic carbocycles. The molecule has 2 amide bonds. The van der Waals surface area contributed by atoms with Crippen molar-refractivity contribution in [2.45, 2.75) is 20.0 Å². The molecule has 0 aliphatic rings. The summed E-state index contributed by atoms with van der Waals surface area (Å²) in [6.45, 7) is 3.41. The van der Waals surface area contributed by atoms with Crippen molar-refractivity contribution in [3.63, 3.8) is 0 Å². The predicted molar refractivity (Wildman–Crippen MR) is 87.4 cm³/mol. The number of aromatic nitrogens is 1. The summed E-state index contributed by atoms with van der Waals surface area (Å²) in [5.41, 5.74) is 1.35. The molecule has 2 aromatic rings. The van der Waals surface area contributed by atoms with E-state index in [0.29, 0.717) is 37.0 Å². The minimum Gasteiger partial charge on any atom is -0.494 e. The zero-order chi connectivity index (χ0) is 16.7. The van der Waals surface area contributed by atoms with Crippen LogP contribution in [0.4, 0.5) is 10.5 Å². The van der Waals surface area contributed by atoms with E-state index in [9.17, 15) is 4.79 Å². The molecule has 0 fully saturated rings. The van der Waals surface area contributed by atoms with E-state index >= 15 is 0 Å². The first-order valence-electron chi connectivity index (χ1n) is 7.42. The third kappa shape index (κ3) is 5.63. The second-order valence-corrected chi connectivity index (χ2v) is 5.24. The zero-order valence-electron chi connectivity index (χ0n) is 13.6. The molecule has 0 unspecified atom stereocenters. The van der Waals surface area contributed by atoms with Crippen LogP contribution in [0.1, 0.15) is 18.5 Å². The molecule has 0 spiro atoms. The number of hydrogen-bond acceptors (Lipinski definition) is 5. The fraction of sp³-hybridized carbons (Fsp3) is 0.375. The number of rotatable bonds is 7. The largest absolute Gasteiger partial charge is 0.494 e. The fourth-order valence-electron chi connectivity index (χ4n) is 1.95.